The van der Waals surface area contributed by atoms with E-state index in [0.29, 0.717) is 48.5 Å². The van der Waals surface area contributed by atoms with Crippen LogP contribution in [0.1, 0.15) is 62.4 Å². The van der Waals surface area contributed by atoms with Crippen LogP contribution in [-0.4, -0.2) is 41.3 Å². The third-order valence-corrected chi connectivity index (χ3v) is 5.17. The van der Waals surface area contributed by atoms with Crippen LogP contribution in [0.4, 0.5) is 0 Å². The third-order valence-electron chi connectivity index (χ3n) is 5.17. The van der Waals surface area contributed by atoms with Gasteiger partial charge in [-0.2, -0.15) is 0 Å². The topological polar surface area (TPSA) is 93.1 Å². The number of aliphatic hydroxyl groups is 1. The molecule has 1 aliphatic rings. The molecule has 0 fully saturated rings. The highest BCUT2D eigenvalue weighted by Crippen LogP contribution is 2.28. The van der Waals surface area contributed by atoms with Gasteiger partial charge in [-0.05, 0) is 56.7 Å². The zero-order chi connectivity index (χ0) is 22.3. The molecule has 0 spiro atoms. The lowest BCUT2D eigenvalue weighted by molar-refractivity contribution is -0.116. The Morgan fingerprint density at radius 2 is 1.87 bits per heavy atom. The maximum absolute atomic E-state index is 12.3. The molecule has 1 unspecified atom stereocenters. The molecule has 0 aliphatic heterocycles. The predicted molar refractivity (Wildman–Crippen MR) is 115 cm³/mol. The summed E-state index contributed by atoms with van der Waals surface area (Å²) in [6.07, 6.45) is 4.07. The Hall–Kier alpha value is -2.60. The minimum atomic E-state index is -0.964. The molecule has 6 nitrogen and oxygen atoms in total. The van der Waals surface area contributed by atoms with E-state index in [1.165, 1.54) is 0 Å². The van der Waals surface area contributed by atoms with Crippen LogP contribution in [0.15, 0.2) is 41.2 Å². The Morgan fingerprint density at radius 1 is 1.17 bits per heavy atom. The number of aliphatic hydroxyl groups excluding tert-OH is 1. The first-order valence-corrected chi connectivity index (χ1v) is 10.4. The van der Waals surface area contributed by atoms with Gasteiger partial charge >= 0.3 is 5.97 Å². The molecule has 0 amide bonds. The van der Waals surface area contributed by atoms with Gasteiger partial charge in [-0.15, -0.1) is 0 Å². The van der Waals surface area contributed by atoms with Gasteiger partial charge in [-0.3, -0.25) is 4.79 Å². The monoisotopic (exact) mass is 416 g/mol. The molecule has 0 saturated heterocycles. The number of carboxylic acids is 1. The van der Waals surface area contributed by atoms with Crippen LogP contribution in [0, 0.1) is 12.8 Å². The molecule has 0 radical (unpaired) electrons. The molecule has 0 aromatic heterocycles. The summed E-state index contributed by atoms with van der Waals surface area (Å²) >= 11 is 0. The molecule has 164 valence electrons. The number of ketones is 1. The number of hydrogen-bond acceptors (Lipinski definition) is 5. The summed E-state index contributed by atoms with van der Waals surface area (Å²) in [5, 5.41) is 19.6. The summed E-state index contributed by atoms with van der Waals surface area (Å²) in [4.78, 5) is 23.4. The van der Waals surface area contributed by atoms with E-state index in [2.05, 4.69) is 0 Å². The zero-order valence-corrected chi connectivity index (χ0v) is 18.2. The van der Waals surface area contributed by atoms with Gasteiger partial charge in [0.2, 0.25) is 0 Å². The van der Waals surface area contributed by atoms with Crippen LogP contribution in [0.25, 0.3) is 0 Å². The number of Topliss-reactive ketones (excluding diaryl/α,β-unsaturated/α-hetero) is 1. The average Bonchev–Trinajstić information content (AvgIpc) is 2.67. The van der Waals surface area contributed by atoms with Crippen molar-refractivity contribution in [3.05, 3.63) is 52.3 Å². The minimum absolute atomic E-state index is 0.0280. The van der Waals surface area contributed by atoms with Gasteiger partial charge in [0.05, 0.1) is 23.8 Å². The maximum Gasteiger partial charge on any atom is 0.336 e. The van der Waals surface area contributed by atoms with E-state index >= 15 is 0 Å². The average molecular weight is 417 g/mol. The van der Waals surface area contributed by atoms with Crippen LogP contribution < -0.4 is 4.74 Å². The Labute approximate surface area is 178 Å². The molecular weight excluding hydrogens is 384 g/mol. The normalized spacial score (nSPS) is 16.6. The number of carbonyl (C=O) groups excluding carboxylic acids is 1. The number of aromatic carboxylic acids is 1. The second-order valence-corrected chi connectivity index (χ2v) is 8.06. The molecule has 1 aromatic carbocycles. The van der Waals surface area contributed by atoms with E-state index in [9.17, 15) is 14.7 Å². The van der Waals surface area contributed by atoms with Crippen molar-refractivity contribution in [3.8, 4) is 5.75 Å². The fraction of sp³-hybridized carbons (Fsp3) is 0.500. The summed E-state index contributed by atoms with van der Waals surface area (Å²) in [6.45, 7) is 8.47. The van der Waals surface area contributed by atoms with Gasteiger partial charge < -0.3 is 19.7 Å². The van der Waals surface area contributed by atoms with Gasteiger partial charge in [-0.25, -0.2) is 4.79 Å². The SMILES string of the molecule is CC1=C(O)C(C(=O)CC(C)C)=CCC1OCCCCOc1cccc(C(=O)O)c1C. The second kappa shape index (κ2) is 11.0. The number of carbonyl (C=O) groups is 2. The van der Waals surface area contributed by atoms with Gasteiger partial charge in [-0.1, -0.05) is 26.0 Å². The first-order chi connectivity index (χ1) is 14.2. The summed E-state index contributed by atoms with van der Waals surface area (Å²) in [6, 6.07) is 5.00. The quantitative estimate of drug-likeness (QED) is 0.492. The van der Waals surface area contributed by atoms with E-state index in [4.69, 9.17) is 14.6 Å². The highest BCUT2D eigenvalue weighted by molar-refractivity contribution is 5.99. The van der Waals surface area contributed by atoms with E-state index in [0.717, 1.165) is 12.8 Å². The van der Waals surface area contributed by atoms with Crippen molar-refractivity contribution in [3.63, 3.8) is 0 Å². The molecule has 6 heteroatoms. The Kier molecular flexibility index (Phi) is 8.66. The molecule has 0 bridgehead atoms. The number of benzene rings is 1. The smallest absolute Gasteiger partial charge is 0.336 e. The van der Waals surface area contributed by atoms with Crippen molar-refractivity contribution >= 4 is 11.8 Å². The summed E-state index contributed by atoms with van der Waals surface area (Å²) in [7, 11) is 0. The number of rotatable bonds is 11. The lowest BCUT2D eigenvalue weighted by atomic mass is 9.90. The van der Waals surface area contributed by atoms with Crippen molar-refractivity contribution < 1.29 is 29.3 Å². The number of unbranched alkanes of at least 4 members (excludes halogenated alkanes) is 1. The fourth-order valence-electron chi connectivity index (χ4n) is 3.40. The fourth-order valence-corrected chi connectivity index (χ4v) is 3.40. The molecule has 2 N–H and O–H groups in total. The Morgan fingerprint density at radius 3 is 2.53 bits per heavy atom. The van der Waals surface area contributed by atoms with Crippen molar-refractivity contribution in [2.24, 2.45) is 5.92 Å². The summed E-state index contributed by atoms with van der Waals surface area (Å²) in [5.41, 5.74) is 1.97. The Bertz CT molecular complexity index is 834. The maximum atomic E-state index is 12.3. The number of hydrogen-bond donors (Lipinski definition) is 2. The first-order valence-electron chi connectivity index (χ1n) is 10.4. The van der Waals surface area contributed by atoms with E-state index in [-0.39, 0.29) is 29.1 Å². The molecule has 30 heavy (non-hydrogen) atoms. The Balaban J connectivity index is 1.76. The highest BCUT2D eigenvalue weighted by Gasteiger charge is 2.25. The first kappa shape index (κ1) is 23.7. The van der Waals surface area contributed by atoms with Gasteiger partial charge in [0.15, 0.2) is 5.78 Å². The van der Waals surface area contributed by atoms with Crippen LogP contribution in [0.2, 0.25) is 0 Å². The van der Waals surface area contributed by atoms with Crippen molar-refractivity contribution in [2.75, 3.05) is 13.2 Å². The largest absolute Gasteiger partial charge is 0.507 e. The molecule has 1 aromatic rings. The van der Waals surface area contributed by atoms with E-state index < -0.39 is 5.97 Å². The molecule has 0 heterocycles. The zero-order valence-electron chi connectivity index (χ0n) is 18.2. The lowest BCUT2D eigenvalue weighted by Gasteiger charge is -2.24. The number of ether oxygens (including phenoxy) is 2. The van der Waals surface area contributed by atoms with Gasteiger partial charge in [0.25, 0.3) is 0 Å². The molecule has 1 atom stereocenters. The summed E-state index contributed by atoms with van der Waals surface area (Å²) < 4.78 is 11.6. The van der Waals surface area contributed by atoms with E-state index in [1.54, 1.807) is 38.1 Å². The van der Waals surface area contributed by atoms with Crippen LogP contribution in [0.5, 0.6) is 5.75 Å². The predicted octanol–water partition coefficient (Wildman–Crippen LogP) is 5.01. The van der Waals surface area contributed by atoms with Crippen LogP contribution in [-0.2, 0) is 9.53 Å². The lowest BCUT2D eigenvalue weighted by Crippen LogP contribution is -2.23. The van der Waals surface area contributed by atoms with Crippen molar-refractivity contribution in [2.45, 2.75) is 59.5 Å². The van der Waals surface area contributed by atoms with Crippen LogP contribution in [0.3, 0.4) is 0 Å². The van der Waals surface area contributed by atoms with E-state index in [1.807, 2.05) is 13.8 Å². The number of carboxylic acid groups (broad SMARTS) is 1. The summed E-state index contributed by atoms with van der Waals surface area (Å²) in [5.74, 6) is -0.115. The number of allylic oxidation sites excluding steroid dienone is 1. The highest BCUT2D eigenvalue weighted by atomic mass is 16.5. The van der Waals surface area contributed by atoms with Crippen LogP contribution >= 0.6 is 0 Å². The molecule has 2 rings (SSSR count). The van der Waals surface area contributed by atoms with Crippen molar-refractivity contribution in [1.82, 2.24) is 0 Å². The minimum Gasteiger partial charge on any atom is -0.507 e. The molecule has 1 aliphatic carbocycles. The molecular formula is C24H32O6. The van der Waals surface area contributed by atoms with Gasteiger partial charge in [0, 0.05) is 18.6 Å². The molecule has 0 saturated carbocycles. The van der Waals surface area contributed by atoms with Gasteiger partial charge in [0.1, 0.15) is 11.5 Å². The second-order valence-electron chi connectivity index (χ2n) is 8.06. The third kappa shape index (κ3) is 6.20. The van der Waals surface area contributed by atoms with Crippen molar-refractivity contribution in [1.29, 1.82) is 0 Å². The standard InChI is InChI=1S/C24H32O6/c1-15(2)14-20(25)19-10-11-22(17(4)23(19)26)30-13-6-5-12-29-21-9-7-8-18(16(21)3)24(27)28/h7-10,15,22,26H,5-6,11-14H2,1-4H3,(H,27,28).